The minimum Gasteiger partial charge on any atom is -0.360 e. The minimum absolute atomic E-state index is 0.340. The van der Waals surface area contributed by atoms with Gasteiger partial charge in [-0.1, -0.05) is 0 Å². The summed E-state index contributed by atoms with van der Waals surface area (Å²) >= 11 is 0. The van der Waals surface area contributed by atoms with Crippen LogP contribution in [0.25, 0.3) is 11.4 Å². The van der Waals surface area contributed by atoms with Gasteiger partial charge in [0.2, 0.25) is 0 Å². The zero-order valence-corrected chi connectivity index (χ0v) is 9.90. The molecule has 0 amide bonds. The lowest BCUT2D eigenvalue weighted by molar-refractivity contribution is 0.195. The monoisotopic (exact) mass is 231 g/mol. The van der Waals surface area contributed by atoms with Crippen LogP contribution in [0.2, 0.25) is 0 Å². The van der Waals surface area contributed by atoms with Gasteiger partial charge in [0, 0.05) is 25.8 Å². The molecule has 0 saturated carbocycles. The van der Waals surface area contributed by atoms with Crippen molar-refractivity contribution in [1.82, 2.24) is 25.2 Å². The fourth-order valence-corrected chi connectivity index (χ4v) is 2.25. The number of rotatable bonds is 2. The molecule has 1 aliphatic rings. The maximum atomic E-state index is 4.49. The van der Waals surface area contributed by atoms with Gasteiger partial charge in [0.25, 0.3) is 0 Å². The molecule has 3 rings (SSSR count). The molecular weight excluding hydrogens is 214 g/mol. The molecule has 3 N–H and O–H groups in total. The number of piperazine rings is 1. The van der Waals surface area contributed by atoms with Crippen molar-refractivity contribution in [2.24, 2.45) is 0 Å². The second-order valence-electron chi connectivity index (χ2n) is 4.47. The highest BCUT2D eigenvalue weighted by Gasteiger charge is 2.23. The van der Waals surface area contributed by atoms with Gasteiger partial charge in [-0.3, -0.25) is 4.90 Å². The summed E-state index contributed by atoms with van der Waals surface area (Å²) in [6.07, 6.45) is 3.81. The van der Waals surface area contributed by atoms with Crippen LogP contribution >= 0.6 is 0 Å². The summed E-state index contributed by atoms with van der Waals surface area (Å²) in [6, 6.07) is 4.37. The summed E-state index contributed by atoms with van der Waals surface area (Å²) in [6.45, 7) is 3.06. The minimum atomic E-state index is 0.340. The lowest BCUT2D eigenvalue weighted by atomic mass is 10.2. The predicted octanol–water partition coefficient (Wildman–Crippen LogP) is 0.981. The smallest absolute Gasteiger partial charge is 0.125 e. The number of nitrogens with zero attached hydrogens (tertiary/aromatic N) is 2. The standard InChI is InChI=1S/C12H17N5/c1-17-6-5-13-8-11(17)12-15-7-10(16-12)9-3-2-4-14-9/h2-4,7,11,13-14H,5-6,8H2,1H3,(H,15,16). The number of H-pyrrole nitrogens is 2. The highest BCUT2D eigenvalue weighted by molar-refractivity contribution is 5.53. The Kier molecular flexibility index (Phi) is 2.70. The number of hydrogen-bond donors (Lipinski definition) is 3. The lowest BCUT2D eigenvalue weighted by Gasteiger charge is -2.31. The first-order valence-electron chi connectivity index (χ1n) is 5.94. The number of hydrogen-bond acceptors (Lipinski definition) is 3. The van der Waals surface area contributed by atoms with E-state index in [0.717, 1.165) is 36.8 Å². The fourth-order valence-electron chi connectivity index (χ4n) is 2.25. The zero-order chi connectivity index (χ0) is 11.7. The largest absolute Gasteiger partial charge is 0.360 e. The molecule has 0 spiro atoms. The zero-order valence-electron chi connectivity index (χ0n) is 9.90. The van der Waals surface area contributed by atoms with E-state index < -0.39 is 0 Å². The molecule has 1 saturated heterocycles. The third-order valence-corrected chi connectivity index (χ3v) is 3.31. The Labute approximate surface area is 100 Å². The Morgan fingerprint density at radius 2 is 2.35 bits per heavy atom. The predicted molar refractivity (Wildman–Crippen MR) is 66.6 cm³/mol. The third kappa shape index (κ3) is 1.99. The van der Waals surface area contributed by atoms with Crippen LogP contribution < -0.4 is 5.32 Å². The van der Waals surface area contributed by atoms with E-state index in [1.807, 2.05) is 24.5 Å². The van der Waals surface area contributed by atoms with Crippen LogP contribution in [0, 0.1) is 0 Å². The SMILES string of the molecule is CN1CCNCC1c1ncc(-c2ccc[nH]2)[nH]1. The summed E-state index contributed by atoms with van der Waals surface area (Å²) in [5.41, 5.74) is 2.12. The normalized spacial score (nSPS) is 21.8. The topological polar surface area (TPSA) is 59.7 Å². The van der Waals surface area contributed by atoms with Crippen LogP contribution in [0.5, 0.6) is 0 Å². The van der Waals surface area contributed by atoms with Crippen molar-refractivity contribution in [3.05, 3.63) is 30.4 Å². The number of nitrogens with one attached hydrogen (secondary N) is 3. The number of imidazole rings is 1. The van der Waals surface area contributed by atoms with Crippen molar-refractivity contribution in [3.8, 4) is 11.4 Å². The van der Waals surface area contributed by atoms with Crippen LogP contribution in [0.3, 0.4) is 0 Å². The van der Waals surface area contributed by atoms with E-state index in [0.29, 0.717) is 6.04 Å². The van der Waals surface area contributed by atoms with Gasteiger partial charge in [-0.2, -0.15) is 0 Å². The van der Waals surface area contributed by atoms with Gasteiger partial charge in [0.05, 0.1) is 23.6 Å². The molecule has 90 valence electrons. The summed E-state index contributed by atoms with van der Waals surface area (Å²) in [5, 5.41) is 3.40. The summed E-state index contributed by atoms with van der Waals surface area (Å²) in [4.78, 5) is 13.4. The quantitative estimate of drug-likeness (QED) is 0.722. The van der Waals surface area contributed by atoms with E-state index in [-0.39, 0.29) is 0 Å². The van der Waals surface area contributed by atoms with Gasteiger partial charge in [-0.05, 0) is 19.2 Å². The van der Waals surface area contributed by atoms with E-state index >= 15 is 0 Å². The molecule has 0 radical (unpaired) electrons. The van der Waals surface area contributed by atoms with Crippen molar-refractivity contribution >= 4 is 0 Å². The lowest BCUT2D eigenvalue weighted by Crippen LogP contribution is -2.44. The van der Waals surface area contributed by atoms with Gasteiger partial charge in [0.15, 0.2) is 0 Å². The molecule has 2 aromatic heterocycles. The van der Waals surface area contributed by atoms with Gasteiger partial charge < -0.3 is 15.3 Å². The summed E-state index contributed by atoms with van der Waals surface area (Å²) < 4.78 is 0. The van der Waals surface area contributed by atoms with E-state index in [1.165, 1.54) is 0 Å². The summed E-state index contributed by atoms with van der Waals surface area (Å²) in [7, 11) is 2.14. The first-order chi connectivity index (χ1) is 8.34. The van der Waals surface area contributed by atoms with Crippen molar-refractivity contribution in [3.63, 3.8) is 0 Å². The van der Waals surface area contributed by atoms with E-state index in [9.17, 15) is 0 Å². The molecule has 2 aromatic rings. The van der Waals surface area contributed by atoms with Crippen molar-refractivity contribution in [1.29, 1.82) is 0 Å². The molecule has 5 nitrogen and oxygen atoms in total. The number of aromatic amines is 2. The van der Waals surface area contributed by atoms with Gasteiger partial charge in [-0.25, -0.2) is 4.98 Å². The average molecular weight is 231 g/mol. The van der Waals surface area contributed by atoms with Crippen LogP contribution in [-0.4, -0.2) is 46.5 Å². The first-order valence-corrected chi connectivity index (χ1v) is 5.94. The molecule has 0 aromatic carbocycles. The van der Waals surface area contributed by atoms with Crippen LogP contribution in [0.1, 0.15) is 11.9 Å². The van der Waals surface area contributed by atoms with Crippen LogP contribution in [0.15, 0.2) is 24.5 Å². The van der Waals surface area contributed by atoms with Gasteiger partial charge in [0.1, 0.15) is 5.82 Å². The van der Waals surface area contributed by atoms with E-state index in [2.05, 4.69) is 32.2 Å². The maximum Gasteiger partial charge on any atom is 0.125 e. The fraction of sp³-hybridized carbons (Fsp3) is 0.417. The van der Waals surface area contributed by atoms with Gasteiger partial charge in [-0.15, -0.1) is 0 Å². The second-order valence-corrected chi connectivity index (χ2v) is 4.47. The molecule has 1 atom stereocenters. The van der Waals surface area contributed by atoms with Crippen LogP contribution in [0.4, 0.5) is 0 Å². The highest BCUT2D eigenvalue weighted by Crippen LogP contribution is 2.21. The Balaban J connectivity index is 1.84. The Morgan fingerprint density at radius 3 is 3.12 bits per heavy atom. The van der Waals surface area contributed by atoms with E-state index in [1.54, 1.807) is 0 Å². The molecular formula is C12H17N5. The van der Waals surface area contributed by atoms with E-state index in [4.69, 9.17) is 0 Å². The molecule has 1 aliphatic heterocycles. The molecule has 1 unspecified atom stereocenters. The molecule has 0 aliphatic carbocycles. The first kappa shape index (κ1) is 10.6. The molecule has 0 bridgehead atoms. The Morgan fingerprint density at radius 1 is 1.41 bits per heavy atom. The van der Waals surface area contributed by atoms with Crippen molar-refractivity contribution in [2.45, 2.75) is 6.04 Å². The van der Waals surface area contributed by atoms with Crippen molar-refractivity contribution in [2.75, 3.05) is 26.7 Å². The average Bonchev–Trinajstić information content (AvgIpc) is 3.00. The third-order valence-electron chi connectivity index (χ3n) is 3.31. The number of aromatic nitrogens is 3. The van der Waals surface area contributed by atoms with Gasteiger partial charge >= 0.3 is 0 Å². The van der Waals surface area contributed by atoms with Crippen molar-refractivity contribution < 1.29 is 0 Å². The molecule has 3 heterocycles. The molecule has 5 heteroatoms. The highest BCUT2D eigenvalue weighted by atomic mass is 15.2. The maximum absolute atomic E-state index is 4.49. The number of likely N-dealkylation sites (N-methyl/N-ethyl adjacent to an activating group) is 1. The summed E-state index contributed by atoms with van der Waals surface area (Å²) in [5.74, 6) is 1.03. The van der Waals surface area contributed by atoms with Crippen LogP contribution in [-0.2, 0) is 0 Å². The Bertz CT molecular complexity index is 473. The molecule has 17 heavy (non-hydrogen) atoms. The Hall–Kier alpha value is -1.59. The molecule has 1 fully saturated rings. The second kappa shape index (κ2) is 4.35.